The van der Waals surface area contributed by atoms with Crippen molar-refractivity contribution in [1.29, 1.82) is 0 Å². The van der Waals surface area contributed by atoms with Crippen molar-refractivity contribution in [2.24, 2.45) is 0 Å². The van der Waals surface area contributed by atoms with Gasteiger partial charge in [0.1, 0.15) is 5.52 Å². The van der Waals surface area contributed by atoms with Crippen molar-refractivity contribution in [3.05, 3.63) is 39.4 Å². The summed E-state index contributed by atoms with van der Waals surface area (Å²) in [5.74, 6) is 0. The molecule has 0 aliphatic rings. The molecule has 0 aliphatic carbocycles. The van der Waals surface area contributed by atoms with Crippen LogP contribution in [0.3, 0.4) is 0 Å². The number of nitrogens with one attached hydrogen (secondary N) is 1. The van der Waals surface area contributed by atoms with Crippen LogP contribution in [-0.4, -0.2) is 14.9 Å². The second-order valence-electron chi connectivity index (χ2n) is 4.12. The molecule has 6 nitrogen and oxygen atoms in total. The predicted octanol–water partition coefficient (Wildman–Crippen LogP) is 3.09. The molecule has 0 atom stereocenters. The second kappa shape index (κ2) is 4.06. The maximum Gasteiger partial charge on any atom is 0.293 e. The Bertz CT molecular complexity index is 790. The van der Waals surface area contributed by atoms with Crippen molar-refractivity contribution >= 4 is 33.1 Å². The Morgan fingerprint density at radius 1 is 1.47 bits per heavy atom. The number of nitrogens with two attached hydrogens (primary N) is 1. The number of hydrogen-bond acceptors (Lipinski definition) is 5. The lowest BCUT2D eigenvalue weighted by atomic mass is 10.1. The molecule has 2 aromatic heterocycles. The van der Waals surface area contributed by atoms with E-state index in [0.29, 0.717) is 10.6 Å². The maximum absolute atomic E-state index is 11.0. The molecular weight excluding hydrogens is 264 g/mol. The van der Waals surface area contributed by atoms with E-state index >= 15 is 0 Å². The molecule has 0 amide bonds. The monoisotopic (exact) mass is 274 g/mol. The molecule has 1 aromatic carbocycles. The number of hydrogen-bond donors (Lipinski definition) is 2. The first-order valence-electron chi connectivity index (χ1n) is 5.55. The predicted molar refractivity (Wildman–Crippen MR) is 75.2 cm³/mol. The minimum atomic E-state index is -0.398. The third kappa shape index (κ3) is 1.75. The van der Waals surface area contributed by atoms with Gasteiger partial charge in [0.2, 0.25) is 0 Å². The summed E-state index contributed by atoms with van der Waals surface area (Å²) in [4.78, 5) is 18.8. The zero-order chi connectivity index (χ0) is 13.6. The summed E-state index contributed by atoms with van der Waals surface area (Å²) in [5, 5.41) is 12.3. The van der Waals surface area contributed by atoms with Gasteiger partial charge in [-0.2, -0.15) is 0 Å². The number of H-pyrrole nitrogens is 1. The molecule has 7 heteroatoms. The Labute approximate surface area is 112 Å². The minimum absolute atomic E-state index is 0.0598. The van der Waals surface area contributed by atoms with Gasteiger partial charge in [-0.1, -0.05) is 12.1 Å². The van der Waals surface area contributed by atoms with E-state index in [4.69, 9.17) is 5.73 Å². The van der Waals surface area contributed by atoms with E-state index < -0.39 is 4.92 Å². The highest BCUT2D eigenvalue weighted by Gasteiger charge is 2.18. The number of nitro groups is 1. The Kier molecular flexibility index (Phi) is 2.49. The van der Waals surface area contributed by atoms with Gasteiger partial charge in [-0.3, -0.25) is 10.1 Å². The Hall–Kier alpha value is -2.41. The lowest BCUT2D eigenvalue weighted by Gasteiger charge is -1.97. The molecule has 0 saturated heterocycles. The van der Waals surface area contributed by atoms with Crippen LogP contribution in [-0.2, 0) is 0 Å². The van der Waals surface area contributed by atoms with E-state index in [2.05, 4.69) is 9.97 Å². The molecule has 0 unspecified atom stereocenters. The van der Waals surface area contributed by atoms with Crippen LogP contribution < -0.4 is 5.73 Å². The van der Waals surface area contributed by atoms with Crippen LogP contribution in [0.5, 0.6) is 0 Å². The average Bonchev–Trinajstić information content (AvgIpc) is 2.91. The number of non-ortho nitro benzene ring substituents is 1. The van der Waals surface area contributed by atoms with Crippen molar-refractivity contribution in [1.82, 2.24) is 9.97 Å². The molecule has 3 rings (SSSR count). The number of aromatic nitrogens is 2. The molecule has 3 N–H and O–H groups in total. The van der Waals surface area contributed by atoms with Crippen LogP contribution in [0.4, 0.5) is 10.8 Å². The standard InChI is InChI=1S/C12H10N4O2S/c1-6-10(15-12(13)19-6)8-5-14-11-7(8)3-2-4-9(11)16(17)18/h2-5,14H,1H3,(H2,13,15). The fourth-order valence-electron chi connectivity index (χ4n) is 2.15. The highest BCUT2D eigenvalue weighted by atomic mass is 32.1. The number of aromatic amines is 1. The number of fused-ring (bicyclic) bond motifs is 1. The summed E-state index contributed by atoms with van der Waals surface area (Å²) in [6.45, 7) is 1.93. The molecule has 0 saturated carbocycles. The third-order valence-electron chi connectivity index (χ3n) is 2.96. The van der Waals surface area contributed by atoms with Crippen LogP contribution >= 0.6 is 11.3 Å². The van der Waals surface area contributed by atoms with Gasteiger partial charge in [-0.25, -0.2) is 4.98 Å². The third-order valence-corrected chi connectivity index (χ3v) is 3.76. The SMILES string of the molecule is Cc1sc(N)nc1-c1c[nH]c2c([N+](=O)[O-])cccc12. The molecule has 0 aliphatic heterocycles. The van der Waals surface area contributed by atoms with Gasteiger partial charge in [0.05, 0.1) is 10.6 Å². The van der Waals surface area contributed by atoms with E-state index in [1.807, 2.05) is 13.0 Å². The van der Waals surface area contributed by atoms with Crippen molar-refractivity contribution in [2.75, 3.05) is 5.73 Å². The first-order valence-corrected chi connectivity index (χ1v) is 6.37. The summed E-state index contributed by atoms with van der Waals surface area (Å²) in [6.07, 6.45) is 1.74. The summed E-state index contributed by atoms with van der Waals surface area (Å²) in [5.41, 5.74) is 7.87. The highest BCUT2D eigenvalue weighted by molar-refractivity contribution is 7.15. The number of nitrogen functional groups attached to an aromatic ring is 1. The highest BCUT2D eigenvalue weighted by Crippen LogP contribution is 2.36. The first kappa shape index (κ1) is 11.7. The van der Waals surface area contributed by atoms with Gasteiger partial charge in [-0.15, -0.1) is 11.3 Å². The lowest BCUT2D eigenvalue weighted by Crippen LogP contribution is -1.88. The maximum atomic E-state index is 11.0. The number of anilines is 1. The topological polar surface area (TPSA) is 97.8 Å². The number of nitrogens with zero attached hydrogens (tertiary/aromatic N) is 2. The lowest BCUT2D eigenvalue weighted by molar-refractivity contribution is -0.383. The number of thiazole rings is 1. The molecule has 0 fully saturated rings. The van der Waals surface area contributed by atoms with Gasteiger partial charge < -0.3 is 10.7 Å². The zero-order valence-electron chi connectivity index (χ0n) is 10.0. The van der Waals surface area contributed by atoms with E-state index in [1.54, 1.807) is 12.3 Å². The summed E-state index contributed by atoms with van der Waals surface area (Å²) >= 11 is 1.41. The molecule has 0 radical (unpaired) electrons. The van der Waals surface area contributed by atoms with Gasteiger partial charge >= 0.3 is 0 Å². The normalized spacial score (nSPS) is 11.0. The molecule has 2 heterocycles. The van der Waals surface area contributed by atoms with Crippen LogP contribution in [0.25, 0.3) is 22.2 Å². The summed E-state index contributed by atoms with van der Waals surface area (Å²) in [6, 6.07) is 4.98. The van der Waals surface area contributed by atoms with Crippen molar-refractivity contribution in [3.8, 4) is 11.3 Å². The average molecular weight is 274 g/mol. The quantitative estimate of drug-likeness (QED) is 0.554. The van der Waals surface area contributed by atoms with Crippen LogP contribution in [0, 0.1) is 17.0 Å². The number of benzene rings is 1. The van der Waals surface area contributed by atoms with E-state index in [9.17, 15) is 10.1 Å². The van der Waals surface area contributed by atoms with Crippen molar-refractivity contribution in [3.63, 3.8) is 0 Å². The van der Waals surface area contributed by atoms with E-state index in [-0.39, 0.29) is 5.69 Å². The fourth-order valence-corrected chi connectivity index (χ4v) is 2.86. The molecule has 0 bridgehead atoms. The van der Waals surface area contributed by atoms with Crippen molar-refractivity contribution in [2.45, 2.75) is 6.92 Å². The van der Waals surface area contributed by atoms with Crippen LogP contribution in [0.15, 0.2) is 24.4 Å². The molecule has 3 aromatic rings. The molecular formula is C12H10N4O2S. The largest absolute Gasteiger partial charge is 0.375 e. The molecule has 19 heavy (non-hydrogen) atoms. The zero-order valence-corrected chi connectivity index (χ0v) is 10.8. The van der Waals surface area contributed by atoms with Crippen molar-refractivity contribution < 1.29 is 4.92 Å². The van der Waals surface area contributed by atoms with Crippen LogP contribution in [0.1, 0.15) is 4.88 Å². The Morgan fingerprint density at radius 3 is 2.89 bits per heavy atom. The van der Waals surface area contributed by atoms with Gasteiger partial charge in [0, 0.05) is 28.1 Å². The van der Waals surface area contributed by atoms with E-state index in [0.717, 1.165) is 21.5 Å². The Morgan fingerprint density at radius 2 is 2.26 bits per heavy atom. The fraction of sp³-hybridized carbons (Fsp3) is 0.0833. The van der Waals surface area contributed by atoms with Gasteiger partial charge in [-0.05, 0) is 6.92 Å². The molecule has 96 valence electrons. The van der Waals surface area contributed by atoms with E-state index in [1.165, 1.54) is 17.4 Å². The number of nitro benzene ring substituents is 1. The van der Waals surface area contributed by atoms with Gasteiger partial charge in [0.15, 0.2) is 5.13 Å². The van der Waals surface area contributed by atoms with Crippen LogP contribution in [0.2, 0.25) is 0 Å². The van der Waals surface area contributed by atoms with Gasteiger partial charge in [0.25, 0.3) is 5.69 Å². The summed E-state index contributed by atoms with van der Waals surface area (Å²) in [7, 11) is 0. The smallest absolute Gasteiger partial charge is 0.293 e. The number of aryl methyl sites for hydroxylation is 1. The molecule has 0 spiro atoms. The Balaban J connectivity index is 2.30. The second-order valence-corrected chi connectivity index (χ2v) is 5.35. The number of para-hydroxylation sites is 1. The first-order chi connectivity index (χ1) is 9.08. The summed E-state index contributed by atoms with van der Waals surface area (Å²) < 4.78 is 0. The minimum Gasteiger partial charge on any atom is -0.375 e. The number of rotatable bonds is 2.